The molecular formula is C112H97Ir2N11O2-2. The molecule has 0 bridgehead atoms. The number of allylic oxidation sites excluding steroid dienone is 6. The summed E-state index contributed by atoms with van der Waals surface area (Å²) in [6.07, 6.45) is 24.9. The van der Waals surface area contributed by atoms with Crippen molar-refractivity contribution in [1.82, 2.24) is 34.3 Å². The van der Waals surface area contributed by atoms with Crippen LogP contribution in [0.15, 0.2) is 389 Å². The summed E-state index contributed by atoms with van der Waals surface area (Å²) in [7, 11) is 0. The first-order valence-electron chi connectivity index (χ1n) is 42.7. The van der Waals surface area contributed by atoms with E-state index in [1.54, 1.807) is 12.4 Å². The van der Waals surface area contributed by atoms with Crippen LogP contribution in [0.3, 0.4) is 0 Å². The molecule has 0 spiro atoms. The van der Waals surface area contributed by atoms with Crippen molar-refractivity contribution in [3.8, 4) is 67.6 Å². The second-order valence-electron chi connectivity index (χ2n) is 32.4. The summed E-state index contributed by atoms with van der Waals surface area (Å²) in [5, 5.41) is 28.2. The molecule has 0 fully saturated rings. The number of ether oxygens (including phenoxy) is 1. The van der Waals surface area contributed by atoms with Crippen LogP contribution in [0.25, 0.3) is 116 Å². The van der Waals surface area contributed by atoms with Crippen LogP contribution in [0.5, 0.6) is 5.75 Å². The Kier molecular flexibility index (Phi) is 27.7. The first-order chi connectivity index (χ1) is 61.1. The van der Waals surface area contributed by atoms with Gasteiger partial charge in [0.15, 0.2) is 0 Å². The van der Waals surface area contributed by atoms with E-state index < -0.39 is 0 Å². The number of rotatable bonds is 10. The fourth-order valence-electron chi connectivity index (χ4n) is 17.1. The van der Waals surface area contributed by atoms with Gasteiger partial charge in [-0.25, -0.2) is 4.57 Å². The fraction of sp³-hybridized carbons (Fsp3) is 0.134. The Labute approximate surface area is 771 Å². The molecule has 0 aliphatic carbocycles. The third-order valence-electron chi connectivity index (χ3n) is 22.8. The fourth-order valence-corrected chi connectivity index (χ4v) is 17.1. The first kappa shape index (κ1) is 88.0. The van der Waals surface area contributed by atoms with E-state index in [0.29, 0.717) is 29.8 Å². The number of aromatic nitrogens is 8. The van der Waals surface area contributed by atoms with Gasteiger partial charge in [0.2, 0.25) is 5.52 Å². The van der Waals surface area contributed by atoms with Gasteiger partial charge in [0, 0.05) is 126 Å². The van der Waals surface area contributed by atoms with Crippen LogP contribution >= 0.6 is 0 Å². The molecule has 1 N–H and O–H groups in total. The monoisotopic (exact) mass is 2010 g/mol. The summed E-state index contributed by atoms with van der Waals surface area (Å²) in [4.78, 5) is 20.3. The minimum Gasteiger partial charge on any atom is -0.808 e. The van der Waals surface area contributed by atoms with Gasteiger partial charge in [-0.05, 0) is 148 Å². The smallest absolute Gasteiger partial charge is 0.294 e. The van der Waals surface area contributed by atoms with Crippen LogP contribution in [-0.2, 0) is 59.7 Å². The molecule has 11 heterocycles. The van der Waals surface area contributed by atoms with Crippen molar-refractivity contribution >= 4 is 60.5 Å². The number of pyridine rings is 3. The minimum absolute atomic E-state index is 0. The maximum Gasteiger partial charge on any atom is 0.294 e. The molecule has 6 aliphatic rings. The molecule has 632 valence electrons. The molecule has 0 saturated carbocycles. The van der Waals surface area contributed by atoms with Crippen molar-refractivity contribution in [1.29, 1.82) is 0 Å². The second kappa shape index (κ2) is 39.9. The SMILES string of the molecule is C1=CC2=CN3c4ccccc4CC3N2C=C1.C=C1Oc2ccccc2[C-]=C1c1ccccn1.CC(=[N-])C=C(C)O.CC(C)c1cccc(C(C)C)c1-n1cc[n+]2c1-c1ccccc1C2.CC(C)n1nc2c3ccccc3c3cccc4c3c2[n+]1C4.[Ir].[Ir].[c-]1ccccc1-c1cc(-c2ccccc2)c2cc(-c3ccccc3)ccc2n1.[c-]1ccccc1-c1ccccn1. The van der Waals surface area contributed by atoms with E-state index in [4.69, 9.17) is 25.3 Å². The van der Waals surface area contributed by atoms with Crippen LogP contribution in [0.2, 0.25) is 0 Å². The number of aliphatic hydroxyl groups excluding tert-OH is 1. The molecule has 0 amide bonds. The number of benzene rings is 12. The number of para-hydroxylation sites is 3. The van der Waals surface area contributed by atoms with Crippen molar-refractivity contribution < 1.29 is 59.3 Å². The number of aliphatic hydroxyl groups is 1. The van der Waals surface area contributed by atoms with E-state index in [1.807, 2.05) is 115 Å². The normalized spacial score (nSPS) is 13.5. The van der Waals surface area contributed by atoms with Gasteiger partial charge >= 0.3 is 0 Å². The van der Waals surface area contributed by atoms with E-state index in [-0.39, 0.29) is 51.7 Å². The summed E-state index contributed by atoms with van der Waals surface area (Å²) in [5.74, 6) is 3.80. The molecular weight excluding hydrogens is 1920 g/mol. The van der Waals surface area contributed by atoms with Gasteiger partial charge in [-0.3, -0.25) is 9.97 Å². The molecule has 0 saturated heterocycles. The van der Waals surface area contributed by atoms with Gasteiger partial charge in [0.1, 0.15) is 43.4 Å². The summed E-state index contributed by atoms with van der Waals surface area (Å²) in [6, 6.07) is 111. The van der Waals surface area contributed by atoms with Crippen LogP contribution < -0.4 is 18.9 Å². The maximum absolute atomic E-state index is 8.40. The van der Waals surface area contributed by atoms with E-state index in [2.05, 4.69) is 336 Å². The average Bonchev–Trinajstić information content (AvgIpc) is 1.55. The van der Waals surface area contributed by atoms with Gasteiger partial charge in [-0.2, -0.15) is 10.3 Å². The van der Waals surface area contributed by atoms with Gasteiger partial charge < -0.3 is 30.0 Å². The summed E-state index contributed by atoms with van der Waals surface area (Å²) in [6.45, 7) is 22.3. The quantitative estimate of drug-likeness (QED) is 0.0471. The Balaban J connectivity index is 0.000000117. The van der Waals surface area contributed by atoms with Crippen LogP contribution in [-0.4, -0.2) is 51.3 Å². The number of hydrogen-bond donors (Lipinski definition) is 1. The molecule has 23 rings (SSSR count). The molecule has 1 atom stereocenters. The van der Waals surface area contributed by atoms with E-state index in [9.17, 15) is 0 Å². The van der Waals surface area contributed by atoms with E-state index in [1.165, 1.54) is 126 Å². The second-order valence-corrected chi connectivity index (χ2v) is 32.4. The number of anilines is 1. The Morgan fingerprint density at radius 1 is 0.559 bits per heavy atom. The Morgan fingerprint density at radius 2 is 1.17 bits per heavy atom. The maximum atomic E-state index is 8.40. The zero-order valence-electron chi connectivity index (χ0n) is 72.2. The zero-order chi connectivity index (χ0) is 86.0. The average molecular weight is 2010 g/mol. The Morgan fingerprint density at radius 3 is 1.84 bits per heavy atom. The number of nitrogens with zero attached hydrogens (tertiary/aromatic N) is 11. The van der Waals surface area contributed by atoms with E-state index in [0.717, 1.165) is 81.0 Å². The Bertz CT molecular complexity index is 6910. The predicted molar refractivity (Wildman–Crippen MR) is 510 cm³/mol. The van der Waals surface area contributed by atoms with Crippen LogP contribution in [0.4, 0.5) is 5.69 Å². The molecule has 1 unspecified atom stereocenters. The number of imidazole rings is 1. The third kappa shape index (κ3) is 19.0. The van der Waals surface area contributed by atoms with Gasteiger partial charge in [0.05, 0.1) is 34.0 Å². The van der Waals surface area contributed by atoms with Crippen molar-refractivity contribution in [3.05, 3.63) is 451 Å². The largest absolute Gasteiger partial charge is 0.808 e. The topological polar surface area (TPSA) is 127 Å². The molecule has 127 heavy (non-hydrogen) atoms. The van der Waals surface area contributed by atoms with Gasteiger partial charge in [-0.1, -0.05) is 265 Å². The summed E-state index contributed by atoms with van der Waals surface area (Å²) < 4.78 is 12.8. The Hall–Kier alpha value is -13.9. The molecule has 2 radical (unpaired) electrons. The van der Waals surface area contributed by atoms with Crippen molar-refractivity contribution in [2.45, 2.75) is 98.9 Å². The van der Waals surface area contributed by atoms with Crippen molar-refractivity contribution in [3.63, 3.8) is 0 Å². The van der Waals surface area contributed by atoms with Gasteiger partial charge in [0.25, 0.3) is 11.3 Å². The van der Waals surface area contributed by atoms with Crippen LogP contribution in [0, 0.1) is 18.2 Å². The van der Waals surface area contributed by atoms with Crippen molar-refractivity contribution in [2.24, 2.45) is 0 Å². The minimum atomic E-state index is 0. The zero-order valence-corrected chi connectivity index (χ0v) is 77.0. The standard InChI is InChI=1S/C27H18N.C22H25N2.C18H16N3.C15H10NO.C14H12N2.C11H8N.C5H8NO.2Ir/c1-4-10-20(11-5-1)23-16-17-26-25(18-23)24(21-12-6-2-7-13-21)19-27(28-26)22-14-8-3-9-15-22;1-15(2)18-10-7-11-19(16(3)4)21(18)24-13-12-23-14-17-8-5-6-9-20(17)22(23)24;1-11(2)21-19-17-15-8-4-3-7-13(15)14-9-5-6-12-10-20(21)18(17)16(12)14;1-11-13(14-7-4-5-9-16-14)10-12-6-2-3-8-15(12)17-11;1-2-7-13-11(5-1)9-14-15-8-4-3-6-12(15)10-16(13)14;1-2-6-10(7-3-1)11-8-4-5-9-12-11;1-4(6)3-5(2)7;;/h1-14,16-19H;5-13,15-16H,14H2,1-4H3;3-9,11H,10H2,1-2H3;2-9H,1H2;1-8,10,14H,9H2;1-6,8-9H;3,7H,1-2H3;;/q-1;2*+1;-1;;2*-1;;. The molecule has 5 aromatic heterocycles. The predicted octanol–water partition coefficient (Wildman–Crippen LogP) is 25.5. The molecule has 15 heteroatoms. The van der Waals surface area contributed by atoms with E-state index >= 15 is 0 Å². The van der Waals surface area contributed by atoms with Gasteiger partial charge in [-0.15, -0.1) is 88.6 Å². The number of hydrogen-bond acceptors (Lipinski definition) is 8. The third-order valence-corrected chi connectivity index (χ3v) is 22.8. The number of fused-ring (bicyclic) bond motifs is 13. The summed E-state index contributed by atoms with van der Waals surface area (Å²) >= 11 is 0. The van der Waals surface area contributed by atoms with Crippen molar-refractivity contribution in [2.75, 3.05) is 4.90 Å². The van der Waals surface area contributed by atoms with Crippen LogP contribution in [0.1, 0.15) is 112 Å². The molecule has 6 aliphatic heterocycles. The summed E-state index contributed by atoms with van der Waals surface area (Å²) in [5.41, 5.74) is 27.4. The molecule has 17 aromatic rings. The first-order valence-corrected chi connectivity index (χ1v) is 42.7. The molecule has 13 nitrogen and oxygen atoms in total. The molecule has 12 aromatic carbocycles.